The van der Waals surface area contributed by atoms with Gasteiger partial charge >= 0.3 is 5.63 Å². The molecule has 1 unspecified atom stereocenters. The van der Waals surface area contributed by atoms with E-state index < -0.39 is 0 Å². The highest BCUT2D eigenvalue weighted by Crippen LogP contribution is 2.25. The predicted octanol–water partition coefficient (Wildman–Crippen LogP) is 3.83. The Labute approximate surface area is 153 Å². The maximum Gasteiger partial charge on any atom is 0.339 e. The van der Waals surface area contributed by atoms with Crippen molar-refractivity contribution in [2.75, 3.05) is 13.7 Å². The molecule has 1 fully saturated rings. The maximum atomic E-state index is 12.7. The summed E-state index contributed by atoms with van der Waals surface area (Å²) < 4.78 is 10.7. The fraction of sp³-hybridized carbons (Fsp3) is 0.524. The summed E-state index contributed by atoms with van der Waals surface area (Å²) in [4.78, 5) is 27.1. The average Bonchev–Trinajstić information content (AvgIpc) is 2.67. The van der Waals surface area contributed by atoms with E-state index in [0.717, 1.165) is 36.8 Å². The Balaban J connectivity index is 1.80. The van der Waals surface area contributed by atoms with Crippen LogP contribution in [0, 0.1) is 6.92 Å². The van der Waals surface area contributed by atoms with Gasteiger partial charge < -0.3 is 14.1 Å². The number of likely N-dealkylation sites (tertiary alicyclic amines) is 1. The SMILES string of the molecule is CCC1CCCCN1C(=O)CCc1c(C)c2ccc(OC)cc2oc1=O. The molecule has 1 atom stereocenters. The molecular formula is C21H27NO4. The highest BCUT2D eigenvalue weighted by atomic mass is 16.5. The molecule has 2 heterocycles. The van der Waals surface area contributed by atoms with Gasteiger partial charge in [0.05, 0.1) is 7.11 Å². The van der Waals surface area contributed by atoms with Crippen LogP contribution in [0.3, 0.4) is 0 Å². The van der Waals surface area contributed by atoms with Crippen molar-refractivity contribution in [3.8, 4) is 5.75 Å². The molecule has 0 bridgehead atoms. The molecule has 0 radical (unpaired) electrons. The quantitative estimate of drug-likeness (QED) is 0.763. The number of aryl methyl sites for hydroxylation is 1. The van der Waals surface area contributed by atoms with Crippen molar-refractivity contribution in [1.29, 1.82) is 0 Å². The molecule has 3 rings (SSSR count). The first-order valence-corrected chi connectivity index (χ1v) is 9.45. The summed E-state index contributed by atoms with van der Waals surface area (Å²) in [5.74, 6) is 0.795. The normalized spacial score (nSPS) is 17.5. The monoisotopic (exact) mass is 357 g/mol. The number of hydrogen-bond acceptors (Lipinski definition) is 4. The fourth-order valence-corrected chi connectivity index (χ4v) is 3.92. The summed E-state index contributed by atoms with van der Waals surface area (Å²) >= 11 is 0. The number of methoxy groups -OCH3 is 1. The Morgan fingerprint density at radius 2 is 2.15 bits per heavy atom. The minimum Gasteiger partial charge on any atom is -0.497 e. The number of amides is 1. The Morgan fingerprint density at radius 3 is 2.88 bits per heavy atom. The molecule has 140 valence electrons. The van der Waals surface area contributed by atoms with Crippen molar-refractivity contribution in [1.82, 2.24) is 4.90 Å². The Bertz CT molecular complexity index is 855. The van der Waals surface area contributed by atoms with E-state index in [9.17, 15) is 9.59 Å². The molecule has 0 spiro atoms. The van der Waals surface area contributed by atoms with Gasteiger partial charge in [-0.25, -0.2) is 4.79 Å². The number of carbonyl (C=O) groups is 1. The fourth-order valence-electron chi connectivity index (χ4n) is 3.92. The lowest BCUT2D eigenvalue weighted by molar-refractivity contribution is -0.134. The van der Waals surface area contributed by atoms with Crippen LogP contribution in [-0.2, 0) is 11.2 Å². The first-order valence-electron chi connectivity index (χ1n) is 9.45. The van der Waals surface area contributed by atoms with Crippen LogP contribution in [0.15, 0.2) is 27.4 Å². The van der Waals surface area contributed by atoms with Crippen LogP contribution >= 0.6 is 0 Å². The number of nitrogens with zero attached hydrogens (tertiary/aromatic N) is 1. The third-order valence-electron chi connectivity index (χ3n) is 5.50. The van der Waals surface area contributed by atoms with Gasteiger partial charge in [0, 0.05) is 36.0 Å². The minimum atomic E-state index is -0.360. The molecule has 1 aromatic carbocycles. The van der Waals surface area contributed by atoms with E-state index in [-0.39, 0.29) is 11.5 Å². The van der Waals surface area contributed by atoms with E-state index in [4.69, 9.17) is 9.15 Å². The molecule has 0 saturated carbocycles. The summed E-state index contributed by atoms with van der Waals surface area (Å²) in [7, 11) is 1.58. The Morgan fingerprint density at radius 1 is 1.35 bits per heavy atom. The molecule has 1 aliphatic heterocycles. The van der Waals surface area contributed by atoms with Crippen LogP contribution in [-0.4, -0.2) is 30.5 Å². The standard InChI is InChI=1S/C21H27NO4/c1-4-15-7-5-6-12-22(15)20(23)11-10-18-14(2)17-9-8-16(25-3)13-19(17)26-21(18)24/h8-9,13,15H,4-7,10-12H2,1-3H3. The maximum absolute atomic E-state index is 12.7. The van der Waals surface area contributed by atoms with Gasteiger partial charge in [0.15, 0.2) is 0 Å². The number of piperidine rings is 1. The molecule has 26 heavy (non-hydrogen) atoms. The van der Waals surface area contributed by atoms with Crippen molar-refractivity contribution in [2.45, 2.75) is 58.4 Å². The van der Waals surface area contributed by atoms with Gasteiger partial charge in [0.2, 0.25) is 5.91 Å². The molecular weight excluding hydrogens is 330 g/mol. The Kier molecular flexibility index (Phi) is 5.64. The molecule has 0 aliphatic carbocycles. The third-order valence-corrected chi connectivity index (χ3v) is 5.50. The summed E-state index contributed by atoms with van der Waals surface area (Å²) in [6.07, 6.45) is 5.11. The number of fused-ring (bicyclic) bond motifs is 1. The zero-order valence-electron chi connectivity index (χ0n) is 15.8. The predicted molar refractivity (Wildman–Crippen MR) is 102 cm³/mol. The zero-order chi connectivity index (χ0) is 18.7. The molecule has 1 saturated heterocycles. The van der Waals surface area contributed by atoms with Crippen molar-refractivity contribution in [3.63, 3.8) is 0 Å². The number of benzene rings is 1. The van der Waals surface area contributed by atoms with Gasteiger partial charge in [-0.15, -0.1) is 0 Å². The molecule has 1 aromatic heterocycles. The van der Waals surface area contributed by atoms with Gasteiger partial charge in [0.1, 0.15) is 11.3 Å². The third kappa shape index (κ3) is 3.62. The topological polar surface area (TPSA) is 59.8 Å². The summed E-state index contributed by atoms with van der Waals surface area (Å²) in [6, 6.07) is 5.82. The van der Waals surface area contributed by atoms with Gasteiger partial charge in [0.25, 0.3) is 0 Å². The van der Waals surface area contributed by atoms with Crippen molar-refractivity contribution in [2.24, 2.45) is 0 Å². The minimum absolute atomic E-state index is 0.144. The van der Waals surface area contributed by atoms with Gasteiger partial charge in [-0.1, -0.05) is 6.92 Å². The number of ether oxygens (including phenoxy) is 1. The van der Waals surface area contributed by atoms with E-state index in [1.165, 1.54) is 6.42 Å². The van der Waals surface area contributed by atoms with Gasteiger partial charge in [-0.05, 0) is 56.7 Å². The van der Waals surface area contributed by atoms with Crippen molar-refractivity contribution in [3.05, 3.63) is 39.7 Å². The van der Waals surface area contributed by atoms with Crippen molar-refractivity contribution < 1.29 is 13.9 Å². The Hall–Kier alpha value is -2.30. The number of hydrogen-bond donors (Lipinski definition) is 0. The first kappa shape index (κ1) is 18.5. The summed E-state index contributed by atoms with van der Waals surface area (Å²) in [6.45, 7) is 4.89. The average molecular weight is 357 g/mol. The smallest absolute Gasteiger partial charge is 0.339 e. The summed E-state index contributed by atoms with van der Waals surface area (Å²) in [5, 5.41) is 0.886. The lowest BCUT2D eigenvalue weighted by Crippen LogP contribution is -2.43. The first-order chi connectivity index (χ1) is 12.5. The second-order valence-corrected chi connectivity index (χ2v) is 7.00. The molecule has 5 nitrogen and oxygen atoms in total. The lowest BCUT2D eigenvalue weighted by atomic mass is 9.98. The molecule has 1 aliphatic rings. The van der Waals surface area contributed by atoms with Crippen LogP contribution in [0.4, 0.5) is 0 Å². The molecule has 5 heteroatoms. The van der Waals surface area contributed by atoms with Crippen molar-refractivity contribution >= 4 is 16.9 Å². The second-order valence-electron chi connectivity index (χ2n) is 7.00. The van der Waals surface area contributed by atoms with Gasteiger partial charge in [-0.3, -0.25) is 4.79 Å². The lowest BCUT2D eigenvalue weighted by Gasteiger charge is -2.35. The zero-order valence-corrected chi connectivity index (χ0v) is 15.8. The van der Waals surface area contributed by atoms with Crippen LogP contribution < -0.4 is 10.4 Å². The molecule has 2 aromatic rings. The van der Waals surface area contributed by atoms with E-state index in [2.05, 4.69) is 6.92 Å². The van der Waals surface area contributed by atoms with Crippen LogP contribution in [0.1, 0.15) is 50.2 Å². The second kappa shape index (κ2) is 7.94. The van der Waals surface area contributed by atoms with Crippen LogP contribution in [0.5, 0.6) is 5.75 Å². The van der Waals surface area contributed by atoms with E-state index >= 15 is 0 Å². The van der Waals surface area contributed by atoms with E-state index in [0.29, 0.717) is 35.8 Å². The van der Waals surface area contributed by atoms with E-state index in [1.54, 1.807) is 13.2 Å². The van der Waals surface area contributed by atoms with E-state index in [1.807, 2.05) is 24.0 Å². The molecule has 1 amide bonds. The van der Waals surface area contributed by atoms with Crippen LogP contribution in [0.2, 0.25) is 0 Å². The highest BCUT2D eigenvalue weighted by molar-refractivity contribution is 5.83. The summed E-state index contributed by atoms with van der Waals surface area (Å²) in [5.41, 5.74) is 1.64. The highest BCUT2D eigenvalue weighted by Gasteiger charge is 2.25. The van der Waals surface area contributed by atoms with Gasteiger partial charge in [-0.2, -0.15) is 0 Å². The molecule has 0 N–H and O–H groups in total. The largest absolute Gasteiger partial charge is 0.497 e. The number of carbonyl (C=O) groups excluding carboxylic acids is 1. The van der Waals surface area contributed by atoms with Crippen LogP contribution in [0.25, 0.3) is 11.0 Å². The number of rotatable bonds is 5.